The summed E-state index contributed by atoms with van der Waals surface area (Å²) in [4.78, 5) is 5.74. The number of ether oxygens (including phenoxy) is 1. The van der Waals surface area contributed by atoms with Crippen LogP contribution in [0.2, 0.25) is 0 Å². The van der Waals surface area contributed by atoms with Crippen molar-refractivity contribution in [3.05, 3.63) is 89.5 Å². The molecule has 0 unspecified atom stereocenters. The van der Waals surface area contributed by atoms with Crippen LogP contribution >= 0.6 is 0 Å². The number of benzene rings is 3. The summed E-state index contributed by atoms with van der Waals surface area (Å²) in [6.07, 6.45) is 2.11. The van der Waals surface area contributed by atoms with Crippen LogP contribution < -0.4 is 4.74 Å². The molecular weight excluding hydrogens is 384 g/mol. The first-order valence-electron chi connectivity index (χ1n) is 10.0. The minimum absolute atomic E-state index is 0.137. The normalized spacial score (nSPS) is 14.1. The third kappa shape index (κ3) is 4.85. The van der Waals surface area contributed by atoms with Gasteiger partial charge in [0, 0.05) is 5.92 Å². The molecule has 0 heterocycles. The molecule has 3 aromatic rings. The fourth-order valence-electron chi connectivity index (χ4n) is 3.47. The van der Waals surface area contributed by atoms with E-state index in [1.54, 1.807) is 12.1 Å². The first-order chi connectivity index (χ1) is 14.6. The summed E-state index contributed by atoms with van der Waals surface area (Å²) < 4.78 is 29.1. The Bertz CT molecular complexity index is 1010. The third-order valence-corrected chi connectivity index (χ3v) is 5.25. The minimum Gasteiger partial charge on any atom is -0.435 e. The first kappa shape index (κ1) is 20.1. The van der Waals surface area contributed by atoms with Crippen LogP contribution in [0.25, 0.3) is 11.1 Å². The highest BCUT2D eigenvalue weighted by molar-refractivity contribution is 6.03. The van der Waals surface area contributed by atoms with E-state index in [-0.39, 0.29) is 5.75 Å². The number of oxime groups is 1. The van der Waals surface area contributed by atoms with Crippen LogP contribution in [0, 0.1) is 12.8 Å². The highest BCUT2D eigenvalue weighted by Crippen LogP contribution is 2.34. The van der Waals surface area contributed by atoms with Gasteiger partial charge in [-0.3, -0.25) is 0 Å². The Morgan fingerprint density at radius 2 is 1.70 bits per heavy atom. The molecule has 154 valence electrons. The van der Waals surface area contributed by atoms with E-state index in [1.165, 1.54) is 28.8 Å². The number of nitrogens with zero attached hydrogens (tertiary/aromatic N) is 1. The summed E-state index contributed by atoms with van der Waals surface area (Å²) >= 11 is 0. The average Bonchev–Trinajstić information content (AvgIpc) is 3.58. The van der Waals surface area contributed by atoms with Gasteiger partial charge in [0.15, 0.2) is 0 Å². The van der Waals surface area contributed by atoms with Crippen LogP contribution in [-0.2, 0) is 11.4 Å². The Morgan fingerprint density at radius 3 is 2.37 bits per heavy atom. The molecule has 30 heavy (non-hydrogen) atoms. The van der Waals surface area contributed by atoms with Crippen LogP contribution in [-0.4, -0.2) is 12.3 Å². The molecule has 1 fully saturated rings. The lowest BCUT2D eigenvalue weighted by atomic mass is 9.97. The Hall–Kier alpha value is -3.21. The standard InChI is InChI=1S/C25H23F2NO2/c1-17-21(8-5-9-23(17)18-6-3-2-4-7-18)16-29-28-24(19-10-11-19)20-12-14-22(15-13-20)30-25(26)27/h2-9,12-15,19,25H,10-11,16H2,1H3/b28-24-. The van der Waals surface area contributed by atoms with Crippen molar-refractivity contribution in [1.82, 2.24) is 0 Å². The highest BCUT2D eigenvalue weighted by atomic mass is 19.3. The van der Waals surface area contributed by atoms with Gasteiger partial charge in [-0.15, -0.1) is 0 Å². The van der Waals surface area contributed by atoms with Crippen LogP contribution in [0.5, 0.6) is 5.75 Å². The van der Waals surface area contributed by atoms with Crippen molar-refractivity contribution in [3.8, 4) is 16.9 Å². The van der Waals surface area contributed by atoms with E-state index in [2.05, 4.69) is 35.0 Å². The Kier molecular flexibility index (Phi) is 6.07. The average molecular weight is 407 g/mol. The lowest BCUT2D eigenvalue weighted by Gasteiger charge is -2.12. The summed E-state index contributed by atoms with van der Waals surface area (Å²) in [7, 11) is 0. The molecule has 0 aromatic heterocycles. The zero-order valence-corrected chi connectivity index (χ0v) is 16.7. The Labute approximate surface area is 175 Å². The van der Waals surface area contributed by atoms with Gasteiger partial charge in [-0.1, -0.05) is 53.7 Å². The van der Waals surface area contributed by atoms with Crippen molar-refractivity contribution < 1.29 is 18.4 Å². The monoisotopic (exact) mass is 407 g/mol. The van der Waals surface area contributed by atoms with Crippen LogP contribution in [0.15, 0.2) is 78.0 Å². The van der Waals surface area contributed by atoms with Crippen LogP contribution in [0.4, 0.5) is 8.78 Å². The zero-order chi connectivity index (χ0) is 20.9. The largest absolute Gasteiger partial charge is 0.435 e. The Balaban J connectivity index is 1.49. The fraction of sp³-hybridized carbons (Fsp3) is 0.240. The molecule has 3 nitrogen and oxygen atoms in total. The van der Waals surface area contributed by atoms with Gasteiger partial charge in [-0.05, 0) is 71.8 Å². The number of rotatable bonds is 8. The maximum Gasteiger partial charge on any atom is 0.387 e. The van der Waals surface area contributed by atoms with Gasteiger partial charge in [0.2, 0.25) is 0 Å². The smallest absolute Gasteiger partial charge is 0.387 e. The second kappa shape index (κ2) is 9.08. The first-order valence-corrected chi connectivity index (χ1v) is 10.0. The van der Waals surface area contributed by atoms with E-state index in [1.807, 2.05) is 30.3 Å². The second-order valence-corrected chi connectivity index (χ2v) is 7.38. The summed E-state index contributed by atoms with van der Waals surface area (Å²) in [5.74, 6) is 0.488. The summed E-state index contributed by atoms with van der Waals surface area (Å²) in [5.41, 5.74) is 6.32. The van der Waals surface area contributed by atoms with Gasteiger partial charge in [0.05, 0.1) is 5.71 Å². The van der Waals surface area contributed by atoms with Gasteiger partial charge in [0.1, 0.15) is 12.4 Å². The lowest BCUT2D eigenvalue weighted by Crippen LogP contribution is -2.06. The van der Waals surface area contributed by atoms with Gasteiger partial charge in [0.25, 0.3) is 0 Å². The molecular formula is C25H23F2NO2. The minimum atomic E-state index is -2.83. The predicted molar refractivity (Wildman–Crippen MR) is 114 cm³/mol. The van der Waals surface area contributed by atoms with Crippen LogP contribution in [0.3, 0.4) is 0 Å². The second-order valence-electron chi connectivity index (χ2n) is 7.38. The molecule has 5 heteroatoms. The van der Waals surface area contributed by atoms with Gasteiger partial charge in [-0.2, -0.15) is 8.78 Å². The Morgan fingerprint density at radius 1 is 0.967 bits per heavy atom. The maximum atomic E-state index is 12.3. The van der Waals surface area contributed by atoms with E-state index in [9.17, 15) is 8.78 Å². The molecule has 0 bridgehead atoms. The van der Waals surface area contributed by atoms with E-state index in [0.29, 0.717) is 12.5 Å². The van der Waals surface area contributed by atoms with Gasteiger partial charge in [-0.25, -0.2) is 0 Å². The number of hydrogen-bond donors (Lipinski definition) is 0. The molecule has 0 spiro atoms. The SMILES string of the molecule is Cc1c(CO/N=C(\c2ccc(OC(F)F)cc2)C2CC2)cccc1-c1ccccc1. The van der Waals surface area contributed by atoms with Crippen molar-refractivity contribution in [1.29, 1.82) is 0 Å². The predicted octanol–water partition coefficient (Wildman–Crippen LogP) is 6.59. The summed E-state index contributed by atoms with van der Waals surface area (Å²) in [6.45, 7) is -0.366. The zero-order valence-electron chi connectivity index (χ0n) is 16.7. The molecule has 1 aliphatic carbocycles. The van der Waals surface area contributed by atoms with E-state index >= 15 is 0 Å². The van der Waals surface area contributed by atoms with Crippen molar-refractivity contribution in [3.63, 3.8) is 0 Å². The number of halogens is 2. The molecule has 0 saturated heterocycles. The van der Waals surface area contributed by atoms with Crippen molar-refractivity contribution in [2.45, 2.75) is 33.0 Å². The molecule has 0 aliphatic heterocycles. The molecule has 1 aliphatic rings. The highest BCUT2D eigenvalue weighted by Gasteiger charge is 2.29. The molecule has 0 amide bonds. The van der Waals surface area contributed by atoms with Gasteiger partial charge < -0.3 is 9.57 Å². The quantitative estimate of drug-likeness (QED) is 0.311. The molecule has 1 saturated carbocycles. The number of hydrogen-bond acceptors (Lipinski definition) is 3. The third-order valence-electron chi connectivity index (χ3n) is 5.25. The molecule has 0 atom stereocenters. The number of alkyl halides is 2. The topological polar surface area (TPSA) is 30.8 Å². The van der Waals surface area contributed by atoms with Crippen molar-refractivity contribution >= 4 is 5.71 Å². The fourth-order valence-corrected chi connectivity index (χ4v) is 3.47. The van der Waals surface area contributed by atoms with Crippen molar-refractivity contribution in [2.24, 2.45) is 11.1 Å². The van der Waals surface area contributed by atoms with Gasteiger partial charge >= 0.3 is 6.61 Å². The molecule has 0 N–H and O–H groups in total. The van der Waals surface area contributed by atoms with Crippen molar-refractivity contribution in [2.75, 3.05) is 0 Å². The van der Waals surface area contributed by atoms with E-state index < -0.39 is 6.61 Å². The summed E-state index contributed by atoms with van der Waals surface area (Å²) in [5, 5.41) is 4.41. The van der Waals surface area contributed by atoms with Crippen LogP contribution in [0.1, 0.15) is 29.5 Å². The maximum absolute atomic E-state index is 12.3. The molecule has 0 radical (unpaired) electrons. The molecule has 3 aromatic carbocycles. The molecule has 4 rings (SSSR count). The van der Waals surface area contributed by atoms with E-state index in [4.69, 9.17) is 4.84 Å². The summed E-state index contributed by atoms with van der Waals surface area (Å²) in [6, 6.07) is 23.0. The van der Waals surface area contributed by atoms with E-state index in [0.717, 1.165) is 29.7 Å². The lowest BCUT2D eigenvalue weighted by molar-refractivity contribution is -0.0498.